The van der Waals surface area contributed by atoms with E-state index in [1.165, 1.54) is 0 Å². The van der Waals surface area contributed by atoms with Gasteiger partial charge in [0.1, 0.15) is 5.75 Å². The van der Waals surface area contributed by atoms with Gasteiger partial charge in [-0.05, 0) is 6.07 Å². The molecule has 3 nitrogen and oxygen atoms in total. The quantitative estimate of drug-likeness (QED) is 0.624. The zero-order valence-corrected chi connectivity index (χ0v) is 7.27. The maximum Gasteiger partial charge on any atom is 0.120 e. The lowest BCUT2D eigenvalue weighted by Gasteiger charge is -2.37. The first-order valence-electron chi connectivity index (χ1n) is 4.45. The van der Waals surface area contributed by atoms with Crippen LogP contribution < -0.4 is 5.32 Å². The van der Waals surface area contributed by atoms with Crippen molar-refractivity contribution in [3.63, 3.8) is 0 Å². The zero-order chi connectivity index (χ0) is 9.26. The van der Waals surface area contributed by atoms with Gasteiger partial charge in [-0.1, -0.05) is 18.2 Å². The standard InChI is InChI=1S/C10H13NO2/c12-6-7-5-11-10(7)8-3-1-2-4-9(8)13/h1-4,7,10-13H,5-6H2. The van der Waals surface area contributed by atoms with E-state index < -0.39 is 0 Å². The molecule has 70 valence electrons. The molecule has 1 fully saturated rings. The highest BCUT2D eigenvalue weighted by atomic mass is 16.3. The van der Waals surface area contributed by atoms with Crippen LogP contribution in [0.4, 0.5) is 0 Å². The van der Waals surface area contributed by atoms with Gasteiger partial charge in [-0.2, -0.15) is 0 Å². The average Bonchev–Trinajstić information content (AvgIpc) is 2.08. The number of hydrogen-bond acceptors (Lipinski definition) is 3. The van der Waals surface area contributed by atoms with E-state index in [2.05, 4.69) is 5.32 Å². The molecule has 1 aliphatic rings. The molecule has 0 bridgehead atoms. The predicted molar refractivity (Wildman–Crippen MR) is 49.4 cm³/mol. The fourth-order valence-electron chi connectivity index (χ4n) is 1.69. The highest BCUT2D eigenvalue weighted by Crippen LogP contribution is 2.33. The summed E-state index contributed by atoms with van der Waals surface area (Å²) in [7, 11) is 0. The Morgan fingerprint density at radius 2 is 2.15 bits per heavy atom. The van der Waals surface area contributed by atoms with E-state index in [0.29, 0.717) is 5.75 Å². The van der Waals surface area contributed by atoms with E-state index in [1.54, 1.807) is 12.1 Å². The molecular weight excluding hydrogens is 166 g/mol. The number of nitrogens with one attached hydrogen (secondary N) is 1. The minimum atomic E-state index is 0.117. The van der Waals surface area contributed by atoms with Crippen molar-refractivity contribution in [3.8, 4) is 5.75 Å². The summed E-state index contributed by atoms with van der Waals surface area (Å²) in [6.45, 7) is 1.00. The molecule has 1 heterocycles. The van der Waals surface area contributed by atoms with E-state index >= 15 is 0 Å². The third-order valence-corrected chi connectivity index (χ3v) is 2.58. The van der Waals surface area contributed by atoms with Gasteiger partial charge in [-0.25, -0.2) is 0 Å². The number of rotatable bonds is 2. The number of phenolic OH excluding ortho intramolecular Hbond substituents is 1. The predicted octanol–water partition coefficient (Wildman–Crippen LogP) is 0.645. The number of para-hydroxylation sites is 1. The van der Waals surface area contributed by atoms with E-state index in [1.807, 2.05) is 12.1 Å². The van der Waals surface area contributed by atoms with Crippen molar-refractivity contribution in [3.05, 3.63) is 29.8 Å². The van der Waals surface area contributed by atoms with Crippen molar-refractivity contribution in [2.24, 2.45) is 5.92 Å². The summed E-state index contributed by atoms with van der Waals surface area (Å²) in [5.74, 6) is 0.548. The maximum absolute atomic E-state index is 9.54. The Hall–Kier alpha value is -1.06. The average molecular weight is 179 g/mol. The molecule has 0 amide bonds. The zero-order valence-electron chi connectivity index (χ0n) is 7.27. The number of aromatic hydroxyl groups is 1. The summed E-state index contributed by atoms with van der Waals surface area (Å²) >= 11 is 0. The molecule has 1 aromatic rings. The monoisotopic (exact) mass is 179 g/mol. The van der Waals surface area contributed by atoms with Gasteiger partial charge in [0.15, 0.2) is 0 Å². The van der Waals surface area contributed by atoms with Crippen molar-refractivity contribution in [2.45, 2.75) is 6.04 Å². The summed E-state index contributed by atoms with van der Waals surface area (Å²) in [4.78, 5) is 0. The van der Waals surface area contributed by atoms with Gasteiger partial charge in [0, 0.05) is 30.7 Å². The van der Waals surface area contributed by atoms with Crippen LogP contribution in [0.15, 0.2) is 24.3 Å². The van der Waals surface area contributed by atoms with Crippen LogP contribution in [0, 0.1) is 5.92 Å². The van der Waals surface area contributed by atoms with E-state index in [0.717, 1.165) is 12.1 Å². The Bertz CT molecular complexity index is 299. The molecule has 2 unspecified atom stereocenters. The van der Waals surface area contributed by atoms with Crippen molar-refractivity contribution < 1.29 is 10.2 Å². The van der Waals surface area contributed by atoms with Crippen molar-refractivity contribution in [2.75, 3.05) is 13.2 Å². The van der Waals surface area contributed by atoms with Gasteiger partial charge in [0.05, 0.1) is 0 Å². The van der Waals surface area contributed by atoms with Crippen LogP contribution in [-0.4, -0.2) is 23.4 Å². The molecule has 3 heteroatoms. The fourth-order valence-corrected chi connectivity index (χ4v) is 1.69. The minimum Gasteiger partial charge on any atom is -0.508 e. The summed E-state index contributed by atoms with van der Waals surface area (Å²) in [5.41, 5.74) is 0.882. The summed E-state index contributed by atoms with van der Waals surface area (Å²) in [6, 6.07) is 7.36. The largest absolute Gasteiger partial charge is 0.508 e. The number of hydrogen-bond donors (Lipinski definition) is 3. The van der Waals surface area contributed by atoms with Crippen molar-refractivity contribution >= 4 is 0 Å². The van der Waals surface area contributed by atoms with Gasteiger partial charge < -0.3 is 15.5 Å². The first-order valence-corrected chi connectivity index (χ1v) is 4.45. The van der Waals surface area contributed by atoms with Crippen LogP contribution in [0.1, 0.15) is 11.6 Å². The fraction of sp³-hybridized carbons (Fsp3) is 0.400. The molecule has 0 aromatic heterocycles. The maximum atomic E-state index is 9.54. The van der Waals surface area contributed by atoms with Gasteiger partial charge in [-0.3, -0.25) is 0 Å². The van der Waals surface area contributed by atoms with Crippen molar-refractivity contribution in [1.82, 2.24) is 5.32 Å². The molecule has 1 aliphatic heterocycles. The second-order valence-electron chi connectivity index (χ2n) is 3.39. The Morgan fingerprint density at radius 3 is 2.69 bits per heavy atom. The Labute approximate surface area is 77.0 Å². The lowest BCUT2D eigenvalue weighted by atomic mass is 9.86. The van der Waals surface area contributed by atoms with Crippen LogP contribution >= 0.6 is 0 Å². The SMILES string of the molecule is OCC1CNC1c1ccccc1O. The first-order chi connectivity index (χ1) is 6.33. The highest BCUT2D eigenvalue weighted by molar-refractivity contribution is 5.36. The molecule has 2 atom stereocenters. The van der Waals surface area contributed by atoms with Crippen molar-refractivity contribution in [1.29, 1.82) is 0 Å². The smallest absolute Gasteiger partial charge is 0.120 e. The summed E-state index contributed by atoms with van der Waals surface area (Å²) < 4.78 is 0. The molecule has 0 radical (unpaired) electrons. The minimum absolute atomic E-state index is 0.117. The van der Waals surface area contributed by atoms with Crippen LogP contribution in [-0.2, 0) is 0 Å². The molecule has 1 saturated heterocycles. The van der Waals surface area contributed by atoms with Gasteiger partial charge in [-0.15, -0.1) is 0 Å². The summed E-state index contributed by atoms with van der Waals surface area (Å²) in [5, 5.41) is 21.7. The van der Waals surface area contributed by atoms with Crippen LogP contribution in [0.2, 0.25) is 0 Å². The molecule has 13 heavy (non-hydrogen) atoms. The summed E-state index contributed by atoms with van der Waals surface area (Å²) in [6.07, 6.45) is 0. The lowest BCUT2D eigenvalue weighted by Crippen LogP contribution is -2.47. The van der Waals surface area contributed by atoms with Gasteiger partial charge in [0.25, 0.3) is 0 Å². The van der Waals surface area contributed by atoms with Gasteiger partial charge >= 0.3 is 0 Å². The number of aliphatic hydroxyl groups excluding tert-OH is 1. The Morgan fingerprint density at radius 1 is 1.38 bits per heavy atom. The molecule has 0 aliphatic carbocycles. The van der Waals surface area contributed by atoms with Crippen LogP contribution in [0.5, 0.6) is 5.75 Å². The third kappa shape index (κ3) is 1.41. The molecule has 2 rings (SSSR count). The van der Waals surface area contributed by atoms with E-state index in [-0.39, 0.29) is 18.6 Å². The number of aliphatic hydroxyl groups is 1. The highest BCUT2D eigenvalue weighted by Gasteiger charge is 2.32. The molecule has 1 aromatic carbocycles. The normalized spacial score (nSPS) is 26.8. The number of benzene rings is 1. The van der Waals surface area contributed by atoms with Crippen LogP contribution in [0.25, 0.3) is 0 Å². The lowest BCUT2D eigenvalue weighted by molar-refractivity contribution is 0.127. The molecule has 3 N–H and O–H groups in total. The Kier molecular flexibility index (Phi) is 2.20. The second kappa shape index (κ2) is 3.36. The second-order valence-corrected chi connectivity index (χ2v) is 3.39. The molecule has 0 saturated carbocycles. The molecular formula is C10H13NO2. The van der Waals surface area contributed by atoms with E-state index in [4.69, 9.17) is 5.11 Å². The first kappa shape index (κ1) is 8.53. The molecule has 0 spiro atoms. The topological polar surface area (TPSA) is 52.5 Å². The van der Waals surface area contributed by atoms with Crippen LogP contribution in [0.3, 0.4) is 0 Å². The number of phenols is 1. The van der Waals surface area contributed by atoms with E-state index in [9.17, 15) is 5.11 Å². The Balaban J connectivity index is 2.21. The third-order valence-electron chi connectivity index (χ3n) is 2.58. The van der Waals surface area contributed by atoms with Gasteiger partial charge in [0.2, 0.25) is 0 Å².